The van der Waals surface area contributed by atoms with Crippen molar-refractivity contribution in [2.45, 2.75) is 26.2 Å². The maximum absolute atomic E-state index is 6.11. The Morgan fingerprint density at radius 1 is 1.35 bits per heavy atom. The van der Waals surface area contributed by atoms with Crippen molar-refractivity contribution in [3.05, 3.63) is 40.3 Å². The van der Waals surface area contributed by atoms with Crippen molar-refractivity contribution in [1.29, 1.82) is 0 Å². The minimum absolute atomic E-state index is 0.315. The highest BCUT2D eigenvalue weighted by Gasteiger charge is 2.13. The zero-order valence-electron chi connectivity index (χ0n) is 9.71. The molecule has 2 rings (SSSR count). The van der Waals surface area contributed by atoms with Crippen LogP contribution in [0.5, 0.6) is 0 Å². The van der Waals surface area contributed by atoms with E-state index < -0.39 is 0 Å². The Labute approximate surface area is 111 Å². The first kappa shape index (κ1) is 12.5. The van der Waals surface area contributed by atoms with E-state index in [1.54, 1.807) is 18.3 Å². The van der Waals surface area contributed by atoms with Crippen molar-refractivity contribution >= 4 is 23.2 Å². The third kappa shape index (κ3) is 2.64. The molecule has 4 heteroatoms. The molecule has 0 fully saturated rings. The van der Waals surface area contributed by atoms with Crippen molar-refractivity contribution in [2.75, 3.05) is 0 Å². The molecule has 0 saturated carbocycles. The first-order valence-corrected chi connectivity index (χ1v) is 6.28. The van der Waals surface area contributed by atoms with E-state index >= 15 is 0 Å². The molecule has 0 saturated heterocycles. The van der Waals surface area contributed by atoms with Crippen LogP contribution in [0.4, 0.5) is 0 Å². The second-order valence-corrected chi connectivity index (χ2v) is 4.84. The Bertz CT molecular complexity index is 522. The van der Waals surface area contributed by atoms with Gasteiger partial charge in [0.15, 0.2) is 11.7 Å². The number of aromatic nitrogens is 1. The van der Waals surface area contributed by atoms with Crippen LogP contribution >= 0.6 is 23.2 Å². The summed E-state index contributed by atoms with van der Waals surface area (Å²) in [6.45, 7) is 4.18. The lowest BCUT2D eigenvalue weighted by molar-refractivity contribution is 0.462. The molecule has 0 N–H and O–H groups in total. The lowest BCUT2D eigenvalue weighted by Crippen LogP contribution is -1.89. The van der Waals surface area contributed by atoms with Crippen molar-refractivity contribution in [3.8, 4) is 11.3 Å². The quantitative estimate of drug-likeness (QED) is 0.769. The van der Waals surface area contributed by atoms with Gasteiger partial charge in [0.25, 0.3) is 0 Å². The standard InChI is InChI=1S/C13H13Cl2NO/c1-3-8(2)13-16-7-12(17-13)10-5-4-9(14)6-11(10)15/h4-8H,3H2,1-2H3. The zero-order chi connectivity index (χ0) is 12.4. The third-order valence-corrected chi connectivity index (χ3v) is 3.30. The van der Waals surface area contributed by atoms with E-state index in [1.165, 1.54) is 0 Å². The molecule has 0 aliphatic rings. The fraction of sp³-hybridized carbons (Fsp3) is 0.308. The summed E-state index contributed by atoms with van der Waals surface area (Å²) in [5, 5.41) is 1.18. The first-order valence-electron chi connectivity index (χ1n) is 5.53. The molecule has 17 heavy (non-hydrogen) atoms. The van der Waals surface area contributed by atoms with Gasteiger partial charge in [0.1, 0.15) is 0 Å². The van der Waals surface area contributed by atoms with Gasteiger partial charge in [0.2, 0.25) is 0 Å². The molecule has 2 aromatic rings. The average molecular weight is 270 g/mol. The molecule has 1 atom stereocenters. The van der Waals surface area contributed by atoms with Crippen molar-refractivity contribution < 1.29 is 4.42 Å². The van der Waals surface area contributed by atoms with Crippen LogP contribution in [0.15, 0.2) is 28.8 Å². The van der Waals surface area contributed by atoms with E-state index in [0.29, 0.717) is 21.7 Å². The second kappa shape index (κ2) is 5.11. The predicted molar refractivity (Wildman–Crippen MR) is 70.7 cm³/mol. The number of benzene rings is 1. The molecular weight excluding hydrogens is 257 g/mol. The predicted octanol–water partition coefficient (Wildman–Crippen LogP) is 5.16. The summed E-state index contributed by atoms with van der Waals surface area (Å²) in [6, 6.07) is 5.32. The highest BCUT2D eigenvalue weighted by atomic mass is 35.5. The van der Waals surface area contributed by atoms with E-state index in [1.807, 2.05) is 6.07 Å². The Morgan fingerprint density at radius 2 is 2.12 bits per heavy atom. The third-order valence-electron chi connectivity index (χ3n) is 2.75. The SMILES string of the molecule is CCC(C)c1ncc(-c2ccc(Cl)cc2Cl)o1. The molecule has 0 spiro atoms. The van der Waals surface area contributed by atoms with Crippen LogP contribution in [0.2, 0.25) is 10.0 Å². The van der Waals surface area contributed by atoms with E-state index in [0.717, 1.165) is 17.9 Å². The fourth-order valence-electron chi connectivity index (χ4n) is 1.50. The minimum atomic E-state index is 0.315. The highest BCUT2D eigenvalue weighted by molar-refractivity contribution is 6.36. The Morgan fingerprint density at radius 3 is 2.76 bits per heavy atom. The van der Waals surface area contributed by atoms with Crippen molar-refractivity contribution in [3.63, 3.8) is 0 Å². The molecule has 90 valence electrons. The van der Waals surface area contributed by atoms with Crippen LogP contribution in [0.1, 0.15) is 32.1 Å². The molecule has 0 bridgehead atoms. The van der Waals surface area contributed by atoms with Gasteiger partial charge >= 0.3 is 0 Å². The van der Waals surface area contributed by atoms with Gasteiger partial charge in [0, 0.05) is 16.5 Å². The number of halogens is 2. The van der Waals surface area contributed by atoms with E-state index in [9.17, 15) is 0 Å². The summed E-state index contributed by atoms with van der Waals surface area (Å²) in [5.74, 6) is 1.74. The molecule has 0 amide bonds. The number of oxazole rings is 1. The van der Waals surface area contributed by atoms with Crippen LogP contribution in [-0.4, -0.2) is 4.98 Å². The van der Waals surface area contributed by atoms with E-state index in [4.69, 9.17) is 27.6 Å². The molecule has 1 heterocycles. The normalized spacial score (nSPS) is 12.7. The molecule has 2 nitrogen and oxygen atoms in total. The average Bonchev–Trinajstić information content (AvgIpc) is 2.77. The topological polar surface area (TPSA) is 26.0 Å². The summed E-state index contributed by atoms with van der Waals surface area (Å²) >= 11 is 12.0. The Balaban J connectivity index is 2.37. The summed E-state index contributed by atoms with van der Waals surface area (Å²) in [4.78, 5) is 4.27. The molecule has 0 aliphatic carbocycles. The van der Waals surface area contributed by atoms with E-state index in [-0.39, 0.29) is 0 Å². The zero-order valence-corrected chi connectivity index (χ0v) is 11.2. The van der Waals surface area contributed by atoms with Crippen LogP contribution < -0.4 is 0 Å². The minimum Gasteiger partial charge on any atom is -0.440 e. The van der Waals surface area contributed by atoms with Crippen molar-refractivity contribution in [2.24, 2.45) is 0 Å². The van der Waals surface area contributed by atoms with Gasteiger partial charge in [-0.2, -0.15) is 0 Å². The number of rotatable bonds is 3. The van der Waals surface area contributed by atoms with Gasteiger partial charge in [-0.3, -0.25) is 0 Å². The van der Waals surface area contributed by atoms with Gasteiger partial charge in [-0.1, -0.05) is 37.0 Å². The highest BCUT2D eigenvalue weighted by Crippen LogP contribution is 2.32. The van der Waals surface area contributed by atoms with Gasteiger partial charge in [-0.15, -0.1) is 0 Å². The van der Waals surface area contributed by atoms with E-state index in [2.05, 4.69) is 18.8 Å². The molecule has 1 aromatic carbocycles. The summed E-state index contributed by atoms with van der Waals surface area (Å²) in [6.07, 6.45) is 2.70. The maximum atomic E-state index is 6.11. The van der Waals surface area contributed by atoms with Crippen molar-refractivity contribution in [1.82, 2.24) is 4.98 Å². The van der Waals surface area contributed by atoms with Crippen LogP contribution in [0.25, 0.3) is 11.3 Å². The largest absolute Gasteiger partial charge is 0.440 e. The van der Waals surface area contributed by atoms with Gasteiger partial charge in [0.05, 0.1) is 11.2 Å². The molecule has 0 radical (unpaired) electrons. The summed E-state index contributed by atoms with van der Waals surface area (Å²) in [7, 11) is 0. The maximum Gasteiger partial charge on any atom is 0.197 e. The number of nitrogens with zero attached hydrogens (tertiary/aromatic N) is 1. The van der Waals surface area contributed by atoms with Gasteiger partial charge in [-0.25, -0.2) is 4.98 Å². The second-order valence-electron chi connectivity index (χ2n) is 4.00. The van der Waals surface area contributed by atoms with Crippen LogP contribution in [0, 0.1) is 0 Å². The molecular formula is C13H13Cl2NO. The number of hydrogen-bond donors (Lipinski definition) is 0. The monoisotopic (exact) mass is 269 g/mol. The lowest BCUT2D eigenvalue weighted by Gasteiger charge is -2.03. The summed E-state index contributed by atoms with van der Waals surface area (Å²) in [5.41, 5.74) is 0.818. The first-order chi connectivity index (χ1) is 8.11. The summed E-state index contributed by atoms with van der Waals surface area (Å²) < 4.78 is 5.70. The van der Waals surface area contributed by atoms with Crippen LogP contribution in [0.3, 0.4) is 0 Å². The molecule has 1 aromatic heterocycles. The Kier molecular flexibility index (Phi) is 3.75. The molecule has 1 unspecified atom stereocenters. The van der Waals surface area contributed by atoms with Crippen LogP contribution in [-0.2, 0) is 0 Å². The smallest absolute Gasteiger partial charge is 0.197 e. The fourth-order valence-corrected chi connectivity index (χ4v) is 2.01. The number of hydrogen-bond acceptors (Lipinski definition) is 2. The van der Waals surface area contributed by atoms with Gasteiger partial charge < -0.3 is 4.42 Å². The Hall–Kier alpha value is -0.990. The van der Waals surface area contributed by atoms with Gasteiger partial charge in [-0.05, 0) is 24.6 Å². The molecule has 0 aliphatic heterocycles. The lowest BCUT2D eigenvalue weighted by atomic mass is 10.1.